The van der Waals surface area contributed by atoms with Crippen LogP contribution in [0.1, 0.15) is 10.5 Å². The van der Waals surface area contributed by atoms with Crippen molar-refractivity contribution < 1.29 is 14.6 Å². The minimum Gasteiger partial charge on any atom is -0.477 e. The third kappa shape index (κ3) is 3.22. The van der Waals surface area contributed by atoms with E-state index in [1.807, 2.05) is 37.2 Å². The van der Waals surface area contributed by atoms with Crippen LogP contribution in [-0.2, 0) is 0 Å². The van der Waals surface area contributed by atoms with Crippen molar-refractivity contribution in [1.29, 1.82) is 0 Å². The number of anilines is 1. The maximum absolute atomic E-state index is 10.8. The average Bonchev–Trinajstić information content (AvgIpc) is 2.39. The van der Waals surface area contributed by atoms with Crippen LogP contribution in [0.25, 0.3) is 0 Å². The van der Waals surface area contributed by atoms with E-state index in [2.05, 4.69) is 4.98 Å². The van der Waals surface area contributed by atoms with Crippen molar-refractivity contribution in [2.75, 3.05) is 19.0 Å². The number of carboxylic acid groups (broad SMARTS) is 1. The number of rotatable bonds is 4. The number of hydrogen-bond acceptors (Lipinski definition) is 4. The molecule has 0 fully saturated rings. The highest BCUT2D eigenvalue weighted by molar-refractivity contribution is 5.85. The minimum atomic E-state index is -1.08. The number of ether oxygens (including phenoxy) is 1. The minimum absolute atomic E-state index is 0.0405. The number of nitrogens with zero attached hydrogens (tertiary/aromatic N) is 2. The molecule has 2 rings (SSSR count). The van der Waals surface area contributed by atoms with Crippen LogP contribution in [0.4, 0.5) is 5.69 Å². The lowest BCUT2D eigenvalue weighted by Crippen LogP contribution is -2.08. The molecule has 0 bridgehead atoms. The molecule has 0 aliphatic rings. The van der Waals surface area contributed by atoms with E-state index < -0.39 is 5.97 Å². The Balaban J connectivity index is 2.23. The molecule has 1 aromatic carbocycles. The molecule has 19 heavy (non-hydrogen) atoms. The lowest BCUT2D eigenvalue weighted by atomic mass is 10.3. The molecular formula is C14H14N2O3. The molecule has 2 aromatic rings. The second kappa shape index (κ2) is 5.39. The van der Waals surface area contributed by atoms with Crippen LogP contribution < -0.4 is 9.64 Å². The summed E-state index contributed by atoms with van der Waals surface area (Å²) in [5.41, 5.74) is 0.952. The maximum Gasteiger partial charge on any atom is 0.354 e. The van der Waals surface area contributed by atoms with Crippen LogP contribution >= 0.6 is 0 Å². The molecule has 1 N–H and O–H groups in total. The molecule has 0 unspecified atom stereocenters. The summed E-state index contributed by atoms with van der Waals surface area (Å²) < 4.78 is 5.56. The van der Waals surface area contributed by atoms with E-state index in [4.69, 9.17) is 9.84 Å². The first-order valence-corrected chi connectivity index (χ1v) is 5.72. The third-order valence-corrected chi connectivity index (χ3v) is 2.50. The molecule has 0 spiro atoms. The van der Waals surface area contributed by atoms with E-state index in [0.717, 1.165) is 5.69 Å². The van der Waals surface area contributed by atoms with Gasteiger partial charge in [0.05, 0.1) is 0 Å². The Hall–Kier alpha value is -2.56. The quantitative estimate of drug-likeness (QED) is 0.913. The SMILES string of the molecule is CN(C)c1cccc(Oc2cccc(C(=O)O)n2)c1. The number of pyridine rings is 1. The van der Waals surface area contributed by atoms with Gasteiger partial charge in [-0.25, -0.2) is 9.78 Å². The molecule has 0 radical (unpaired) electrons. The highest BCUT2D eigenvalue weighted by Gasteiger charge is 2.07. The van der Waals surface area contributed by atoms with Crippen molar-refractivity contribution in [2.45, 2.75) is 0 Å². The summed E-state index contributed by atoms with van der Waals surface area (Å²) in [6, 6.07) is 12.1. The highest BCUT2D eigenvalue weighted by Crippen LogP contribution is 2.24. The zero-order valence-corrected chi connectivity index (χ0v) is 10.7. The van der Waals surface area contributed by atoms with Gasteiger partial charge in [-0.3, -0.25) is 0 Å². The van der Waals surface area contributed by atoms with Gasteiger partial charge in [0.2, 0.25) is 5.88 Å². The van der Waals surface area contributed by atoms with Gasteiger partial charge >= 0.3 is 5.97 Å². The monoisotopic (exact) mass is 258 g/mol. The molecule has 0 saturated heterocycles. The Morgan fingerprint density at radius 1 is 1.21 bits per heavy atom. The molecule has 0 aliphatic heterocycles. The van der Waals surface area contributed by atoms with E-state index in [-0.39, 0.29) is 11.6 Å². The molecule has 98 valence electrons. The first-order chi connectivity index (χ1) is 9.06. The van der Waals surface area contributed by atoms with Gasteiger partial charge in [-0.1, -0.05) is 12.1 Å². The van der Waals surface area contributed by atoms with Crippen molar-refractivity contribution in [3.05, 3.63) is 48.2 Å². The van der Waals surface area contributed by atoms with Crippen molar-refractivity contribution in [1.82, 2.24) is 4.98 Å². The van der Waals surface area contributed by atoms with Gasteiger partial charge in [-0.05, 0) is 18.2 Å². The standard InChI is InChI=1S/C14H14N2O3/c1-16(2)10-5-3-6-11(9-10)19-13-8-4-7-12(15-13)14(17)18/h3-9H,1-2H3,(H,17,18). The fourth-order valence-corrected chi connectivity index (χ4v) is 1.54. The summed E-state index contributed by atoms with van der Waals surface area (Å²) in [6.45, 7) is 0. The Bertz CT molecular complexity index is 597. The number of aromatic carboxylic acids is 1. The smallest absolute Gasteiger partial charge is 0.354 e. The van der Waals surface area contributed by atoms with Crippen LogP contribution in [-0.4, -0.2) is 30.2 Å². The van der Waals surface area contributed by atoms with Gasteiger partial charge < -0.3 is 14.7 Å². The van der Waals surface area contributed by atoms with E-state index in [1.54, 1.807) is 18.2 Å². The number of carbonyl (C=O) groups is 1. The zero-order valence-electron chi connectivity index (χ0n) is 10.7. The fourth-order valence-electron chi connectivity index (χ4n) is 1.54. The van der Waals surface area contributed by atoms with E-state index in [0.29, 0.717) is 5.75 Å². The molecular weight excluding hydrogens is 244 g/mol. The molecule has 0 atom stereocenters. The fraction of sp³-hybridized carbons (Fsp3) is 0.143. The highest BCUT2D eigenvalue weighted by atomic mass is 16.5. The average molecular weight is 258 g/mol. The molecule has 5 nitrogen and oxygen atoms in total. The Kier molecular flexibility index (Phi) is 3.66. The molecule has 1 aromatic heterocycles. The number of carboxylic acids is 1. The Morgan fingerprint density at radius 2 is 1.95 bits per heavy atom. The predicted octanol–water partition coefficient (Wildman–Crippen LogP) is 2.64. The molecule has 0 aliphatic carbocycles. The summed E-state index contributed by atoms with van der Waals surface area (Å²) in [6.07, 6.45) is 0. The van der Waals surface area contributed by atoms with Crippen molar-refractivity contribution in [2.24, 2.45) is 0 Å². The second-order valence-corrected chi connectivity index (χ2v) is 4.16. The maximum atomic E-state index is 10.8. The molecule has 5 heteroatoms. The van der Waals surface area contributed by atoms with Crippen molar-refractivity contribution >= 4 is 11.7 Å². The van der Waals surface area contributed by atoms with Crippen molar-refractivity contribution in [3.63, 3.8) is 0 Å². The normalized spacial score (nSPS) is 10.0. The van der Waals surface area contributed by atoms with Gasteiger partial charge in [0.1, 0.15) is 5.75 Å². The van der Waals surface area contributed by atoms with E-state index >= 15 is 0 Å². The number of aromatic nitrogens is 1. The molecule has 0 amide bonds. The summed E-state index contributed by atoms with van der Waals surface area (Å²) in [5, 5.41) is 8.87. The zero-order chi connectivity index (χ0) is 13.8. The van der Waals surface area contributed by atoms with Gasteiger partial charge in [0.25, 0.3) is 0 Å². The summed E-state index contributed by atoms with van der Waals surface area (Å²) in [5.74, 6) is -0.204. The lowest BCUT2D eigenvalue weighted by Gasteiger charge is -2.13. The molecule has 1 heterocycles. The number of benzene rings is 1. The Morgan fingerprint density at radius 3 is 2.63 bits per heavy atom. The summed E-state index contributed by atoms with van der Waals surface area (Å²) >= 11 is 0. The van der Waals surface area contributed by atoms with Crippen LogP contribution in [0, 0.1) is 0 Å². The van der Waals surface area contributed by atoms with Crippen LogP contribution in [0.5, 0.6) is 11.6 Å². The largest absolute Gasteiger partial charge is 0.477 e. The second-order valence-electron chi connectivity index (χ2n) is 4.16. The lowest BCUT2D eigenvalue weighted by molar-refractivity contribution is 0.0689. The Labute approximate surface area is 111 Å². The molecule has 0 saturated carbocycles. The van der Waals surface area contributed by atoms with Crippen LogP contribution in [0.3, 0.4) is 0 Å². The van der Waals surface area contributed by atoms with Crippen molar-refractivity contribution in [3.8, 4) is 11.6 Å². The number of hydrogen-bond donors (Lipinski definition) is 1. The van der Waals surface area contributed by atoms with E-state index in [9.17, 15) is 4.79 Å². The topological polar surface area (TPSA) is 62.7 Å². The summed E-state index contributed by atoms with van der Waals surface area (Å²) in [7, 11) is 3.87. The van der Waals surface area contributed by atoms with E-state index in [1.165, 1.54) is 6.07 Å². The van der Waals surface area contributed by atoms with Gasteiger partial charge in [0.15, 0.2) is 5.69 Å². The van der Waals surface area contributed by atoms with Gasteiger partial charge in [-0.15, -0.1) is 0 Å². The summed E-state index contributed by atoms with van der Waals surface area (Å²) in [4.78, 5) is 16.7. The predicted molar refractivity (Wildman–Crippen MR) is 72.0 cm³/mol. The first-order valence-electron chi connectivity index (χ1n) is 5.72. The van der Waals surface area contributed by atoms with Gasteiger partial charge in [-0.2, -0.15) is 0 Å². The first kappa shape index (κ1) is 12.9. The third-order valence-electron chi connectivity index (χ3n) is 2.50. The van der Waals surface area contributed by atoms with Gasteiger partial charge in [0, 0.05) is 31.9 Å². The van der Waals surface area contributed by atoms with Crippen LogP contribution in [0.15, 0.2) is 42.5 Å². The van der Waals surface area contributed by atoms with Crippen LogP contribution in [0.2, 0.25) is 0 Å².